The monoisotopic (exact) mass is 451 g/mol. The van der Waals surface area contributed by atoms with Gasteiger partial charge in [0.2, 0.25) is 3.79 Å². The van der Waals surface area contributed by atoms with Crippen LogP contribution in [0.25, 0.3) is 0 Å². The standard InChI is InChI=1S/C17H24Cl3NO3Si2/c1-25(2,3)11-8-14-7-10-21(16(22)23-13-17(18,19)20)24-15(14)9-12-26(4,5)6/h7,15H,10,13H2,1-6H3. The van der Waals surface area contributed by atoms with E-state index in [0.29, 0.717) is 0 Å². The molecule has 1 amide bonds. The SMILES string of the molecule is C[Si](C)(C)C#CC1=CCN(C(=O)OCC(Cl)(Cl)Cl)OC1C#C[Si](C)(C)C. The zero-order valence-electron chi connectivity index (χ0n) is 15.9. The Balaban J connectivity index is 3.00. The molecule has 0 N–H and O–H groups in total. The van der Waals surface area contributed by atoms with Gasteiger partial charge < -0.3 is 4.74 Å². The van der Waals surface area contributed by atoms with Gasteiger partial charge in [-0.3, -0.25) is 0 Å². The van der Waals surface area contributed by atoms with Crippen LogP contribution in [-0.4, -0.2) is 50.4 Å². The van der Waals surface area contributed by atoms with E-state index in [1.807, 2.05) is 6.08 Å². The number of alkyl halides is 3. The van der Waals surface area contributed by atoms with E-state index in [4.69, 9.17) is 44.4 Å². The summed E-state index contributed by atoms with van der Waals surface area (Å²) in [5, 5.41) is 1.07. The normalized spacial score (nSPS) is 18.1. The molecule has 1 aliphatic rings. The van der Waals surface area contributed by atoms with Gasteiger partial charge in [0.05, 0.1) is 6.54 Å². The fraction of sp³-hybridized carbons (Fsp3) is 0.588. The molecule has 0 spiro atoms. The number of hydroxylamine groups is 2. The highest BCUT2D eigenvalue weighted by Gasteiger charge is 2.29. The van der Waals surface area contributed by atoms with E-state index < -0.39 is 32.1 Å². The number of hydrogen-bond acceptors (Lipinski definition) is 3. The summed E-state index contributed by atoms with van der Waals surface area (Å²) in [7, 11) is -3.16. The van der Waals surface area contributed by atoms with Crippen molar-refractivity contribution in [3.63, 3.8) is 0 Å². The second-order valence-electron chi connectivity index (χ2n) is 7.90. The maximum atomic E-state index is 12.1. The minimum Gasteiger partial charge on any atom is -0.443 e. The van der Waals surface area contributed by atoms with Crippen LogP contribution in [0.15, 0.2) is 11.6 Å². The zero-order chi connectivity index (χ0) is 20.2. The average molecular weight is 453 g/mol. The number of halogens is 3. The van der Waals surface area contributed by atoms with Crippen molar-refractivity contribution in [1.29, 1.82) is 0 Å². The van der Waals surface area contributed by atoms with E-state index in [1.165, 1.54) is 0 Å². The Kier molecular flexibility index (Phi) is 8.16. The molecule has 4 nitrogen and oxygen atoms in total. The molecule has 9 heteroatoms. The van der Waals surface area contributed by atoms with Crippen molar-refractivity contribution in [3.8, 4) is 22.9 Å². The number of amides is 1. The molecule has 1 unspecified atom stereocenters. The van der Waals surface area contributed by atoms with Crippen molar-refractivity contribution in [2.45, 2.75) is 49.2 Å². The van der Waals surface area contributed by atoms with Crippen molar-refractivity contribution < 1.29 is 14.4 Å². The molecule has 1 rings (SSSR count). The molecular weight excluding hydrogens is 429 g/mol. The minimum atomic E-state index is -1.67. The third-order valence-electron chi connectivity index (χ3n) is 2.72. The van der Waals surface area contributed by atoms with Crippen LogP contribution in [0, 0.1) is 22.9 Å². The molecule has 1 heterocycles. The highest BCUT2D eigenvalue weighted by molar-refractivity contribution is 6.84. The van der Waals surface area contributed by atoms with Gasteiger partial charge in [0.1, 0.15) is 22.8 Å². The lowest BCUT2D eigenvalue weighted by Crippen LogP contribution is -2.40. The molecule has 144 valence electrons. The van der Waals surface area contributed by atoms with Gasteiger partial charge in [-0.1, -0.05) is 85.9 Å². The smallest absolute Gasteiger partial charge is 0.434 e. The molecule has 0 aromatic rings. The van der Waals surface area contributed by atoms with Gasteiger partial charge in [0.15, 0.2) is 6.10 Å². The van der Waals surface area contributed by atoms with E-state index >= 15 is 0 Å². The molecule has 0 aromatic heterocycles. The molecule has 1 aliphatic heterocycles. The van der Waals surface area contributed by atoms with Crippen LogP contribution < -0.4 is 0 Å². The van der Waals surface area contributed by atoms with Gasteiger partial charge >= 0.3 is 6.09 Å². The van der Waals surface area contributed by atoms with Crippen LogP contribution in [0.5, 0.6) is 0 Å². The quantitative estimate of drug-likeness (QED) is 0.326. The Bertz CT molecular complexity index is 683. The minimum absolute atomic E-state index is 0.194. The third kappa shape index (κ3) is 9.92. The second-order valence-corrected chi connectivity index (χ2v) is 19.9. The fourth-order valence-corrected chi connectivity index (χ4v) is 2.86. The summed E-state index contributed by atoms with van der Waals surface area (Å²) in [5.41, 5.74) is 7.33. The lowest BCUT2D eigenvalue weighted by atomic mass is 10.1. The lowest BCUT2D eigenvalue weighted by Gasteiger charge is -2.28. The van der Waals surface area contributed by atoms with Crippen LogP contribution >= 0.6 is 34.8 Å². The summed E-state index contributed by atoms with van der Waals surface area (Å²) in [6.07, 6.45) is 0.487. The number of rotatable bonds is 1. The van der Waals surface area contributed by atoms with Crippen LogP contribution in [-0.2, 0) is 9.57 Å². The van der Waals surface area contributed by atoms with Crippen molar-refractivity contribution >= 4 is 57.0 Å². The molecule has 0 radical (unpaired) electrons. The Morgan fingerprint density at radius 1 is 1.23 bits per heavy atom. The Morgan fingerprint density at radius 3 is 2.31 bits per heavy atom. The third-order valence-corrected chi connectivity index (χ3v) is 4.81. The molecule has 0 aliphatic carbocycles. The van der Waals surface area contributed by atoms with Gasteiger partial charge in [0, 0.05) is 5.57 Å². The largest absolute Gasteiger partial charge is 0.443 e. The molecule has 0 bridgehead atoms. The summed E-state index contributed by atoms with van der Waals surface area (Å²) in [4.78, 5) is 17.8. The second kappa shape index (κ2) is 9.06. The van der Waals surface area contributed by atoms with Crippen molar-refractivity contribution in [3.05, 3.63) is 11.6 Å². The van der Waals surface area contributed by atoms with E-state index in [1.54, 1.807) is 0 Å². The van der Waals surface area contributed by atoms with E-state index in [-0.39, 0.29) is 13.2 Å². The number of hydrogen-bond donors (Lipinski definition) is 0. The zero-order valence-corrected chi connectivity index (χ0v) is 20.1. The topological polar surface area (TPSA) is 38.8 Å². The molecular formula is C17H24Cl3NO3Si2. The summed E-state index contributed by atoms with van der Waals surface area (Å²) in [5.74, 6) is 6.29. The molecule has 1 atom stereocenters. The van der Waals surface area contributed by atoms with Crippen LogP contribution in [0.4, 0.5) is 4.79 Å². The summed E-state index contributed by atoms with van der Waals surface area (Å²) >= 11 is 16.8. The summed E-state index contributed by atoms with van der Waals surface area (Å²) < 4.78 is 3.28. The van der Waals surface area contributed by atoms with Crippen LogP contribution in [0.1, 0.15) is 0 Å². The number of ether oxygens (including phenoxy) is 1. The van der Waals surface area contributed by atoms with Crippen molar-refractivity contribution in [1.82, 2.24) is 5.06 Å². The van der Waals surface area contributed by atoms with Crippen LogP contribution in [0.3, 0.4) is 0 Å². The van der Waals surface area contributed by atoms with Gasteiger partial charge in [-0.05, 0) is 6.08 Å². The Morgan fingerprint density at radius 2 is 1.81 bits per heavy atom. The van der Waals surface area contributed by atoms with E-state index in [9.17, 15) is 4.79 Å². The predicted octanol–water partition coefficient (Wildman–Crippen LogP) is 4.80. The first kappa shape index (κ1) is 23.4. The molecule has 0 aromatic carbocycles. The Hall–Kier alpha value is -0.606. The number of carbonyl (C=O) groups is 1. The molecule has 0 saturated heterocycles. The highest BCUT2D eigenvalue weighted by atomic mass is 35.6. The highest BCUT2D eigenvalue weighted by Crippen LogP contribution is 2.26. The number of carbonyl (C=O) groups excluding carboxylic acids is 1. The van der Waals surface area contributed by atoms with Gasteiger partial charge in [-0.2, -0.15) is 5.06 Å². The average Bonchev–Trinajstić information content (AvgIpc) is 2.46. The van der Waals surface area contributed by atoms with Crippen molar-refractivity contribution in [2.24, 2.45) is 0 Å². The number of nitrogens with zero attached hydrogens (tertiary/aromatic N) is 1. The fourth-order valence-electron chi connectivity index (χ4n) is 1.61. The first-order valence-electron chi connectivity index (χ1n) is 8.10. The Labute approximate surface area is 173 Å². The summed E-state index contributed by atoms with van der Waals surface area (Å²) in [6, 6.07) is 0. The van der Waals surface area contributed by atoms with Crippen LogP contribution in [0.2, 0.25) is 39.3 Å². The maximum absolute atomic E-state index is 12.1. The first-order chi connectivity index (χ1) is 11.7. The predicted molar refractivity (Wildman–Crippen MR) is 114 cm³/mol. The van der Waals surface area contributed by atoms with Gasteiger partial charge in [-0.25, -0.2) is 9.63 Å². The lowest BCUT2D eigenvalue weighted by molar-refractivity contribution is -0.147. The van der Waals surface area contributed by atoms with E-state index in [0.717, 1.165) is 10.6 Å². The first-order valence-corrected chi connectivity index (χ1v) is 16.2. The van der Waals surface area contributed by atoms with E-state index in [2.05, 4.69) is 62.2 Å². The molecule has 26 heavy (non-hydrogen) atoms. The molecule has 0 saturated carbocycles. The summed E-state index contributed by atoms with van der Waals surface area (Å²) in [6.45, 7) is 12.7. The maximum Gasteiger partial charge on any atom is 0.434 e. The van der Waals surface area contributed by atoms with Gasteiger partial charge in [0.25, 0.3) is 0 Å². The van der Waals surface area contributed by atoms with Crippen molar-refractivity contribution in [2.75, 3.05) is 13.2 Å². The molecule has 0 fully saturated rings. The van der Waals surface area contributed by atoms with Gasteiger partial charge in [-0.15, -0.1) is 11.1 Å².